The Bertz CT molecular complexity index is 190. The molecule has 1 heterocycles. The summed E-state index contributed by atoms with van der Waals surface area (Å²) in [7, 11) is 0. The molecule has 0 bridgehead atoms. The van der Waals surface area contributed by atoms with Gasteiger partial charge in [-0.3, -0.25) is 0 Å². The minimum Gasteiger partial charge on any atom is -0.338 e. The first-order valence-corrected chi connectivity index (χ1v) is 5.99. The Morgan fingerprint density at radius 2 is 2.40 bits per heavy atom. The van der Waals surface area contributed by atoms with Crippen LogP contribution in [-0.2, 0) is 0 Å². The highest BCUT2D eigenvalue weighted by Gasteiger charge is 2.20. The fraction of sp³-hybridized carbons (Fsp3) is 0.909. The minimum atomic E-state index is -0.0325. The molecule has 0 aromatic rings. The van der Waals surface area contributed by atoms with Crippen LogP contribution in [0.25, 0.3) is 0 Å². The van der Waals surface area contributed by atoms with Crippen LogP contribution in [-0.4, -0.2) is 31.7 Å². The third kappa shape index (κ3) is 4.51. The van der Waals surface area contributed by atoms with Crippen LogP contribution in [0, 0.1) is 5.92 Å². The van der Waals surface area contributed by atoms with Gasteiger partial charge in [-0.2, -0.15) is 0 Å². The lowest BCUT2D eigenvalue weighted by Gasteiger charge is -2.28. The van der Waals surface area contributed by atoms with Gasteiger partial charge in [0.25, 0.3) is 0 Å². The summed E-state index contributed by atoms with van der Waals surface area (Å²) in [5.41, 5.74) is 0. The Balaban J connectivity index is 2.21. The Hall–Kier alpha value is -0.770. The maximum Gasteiger partial charge on any atom is 0.315 e. The maximum absolute atomic E-state index is 11.4. The fourth-order valence-corrected chi connectivity index (χ4v) is 1.92. The Kier molecular flexibility index (Phi) is 5.47. The topological polar surface area (TPSA) is 53.2 Å². The molecule has 2 amide bonds. The molecule has 0 saturated carbocycles. The van der Waals surface area contributed by atoms with E-state index in [9.17, 15) is 4.79 Å². The van der Waals surface area contributed by atoms with E-state index in [1.165, 1.54) is 12.8 Å². The molecule has 0 aromatic heterocycles. The number of carbonyl (C=O) groups is 1. The molecule has 1 saturated heterocycles. The summed E-state index contributed by atoms with van der Waals surface area (Å²) in [5.74, 6) is 0.575. The van der Waals surface area contributed by atoms with E-state index in [4.69, 9.17) is 0 Å². The normalized spacial score (nSPS) is 23.2. The molecular weight excluding hydrogens is 190 g/mol. The number of nitrogens with one attached hydrogen (secondary N) is 3. The molecule has 1 aliphatic rings. The monoisotopic (exact) mass is 213 g/mol. The van der Waals surface area contributed by atoms with Crippen LogP contribution in [0.3, 0.4) is 0 Å². The molecular formula is C11H23N3O. The zero-order valence-electron chi connectivity index (χ0n) is 9.81. The van der Waals surface area contributed by atoms with Crippen molar-refractivity contribution in [2.75, 3.05) is 19.6 Å². The van der Waals surface area contributed by atoms with Crippen LogP contribution in [0.15, 0.2) is 0 Å². The molecule has 0 aromatic carbocycles. The van der Waals surface area contributed by atoms with Crippen LogP contribution in [0.5, 0.6) is 0 Å². The largest absolute Gasteiger partial charge is 0.338 e. The van der Waals surface area contributed by atoms with Gasteiger partial charge in [0.1, 0.15) is 0 Å². The van der Waals surface area contributed by atoms with E-state index in [2.05, 4.69) is 29.8 Å². The number of amides is 2. The van der Waals surface area contributed by atoms with E-state index in [-0.39, 0.29) is 12.1 Å². The van der Waals surface area contributed by atoms with E-state index in [1.54, 1.807) is 0 Å². The molecule has 2 unspecified atom stereocenters. The number of piperidine rings is 1. The number of hydrogen-bond acceptors (Lipinski definition) is 2. The van der Waals surface area contributed by atoms with Gasteiger partial charge in [0.15, 0.2) is 0 Å². The smallest absolute Gasteiger partial charge is 0.315 e. The summed E-state index contributed by atoms with van der Waals surface area (Å²) >= 11 is 0. The van der Waals surface area contributed by atoms with Crippen molar-refractivity contribution in [3.05, 3.63) is 0 Å². The zero-order chi connectivity index (χ0) is 11.1. The highest BCUT2D eigenvalue weighted by atomic mass is 16.2. The summed E-state index contributed by atoms with van der Waals surface area (Å²) in [5, 5.41) is 9.19. The molecule has 0 spiro atoms. The molecule has 88 valence electrons. The van der Waals surface area contributed by atoms with Crippen molar-refractivity contribution in [2.24, 2.45) is 5.92 Å². The Labute approximate surface area is 92.2 Å². The van der Waals surface area contributed by atoms with Crippen molar-refractivity contribution in [2.45, 2.75) is 39.2 Å². The Morgan fingerprint density at radius 1 is 1.60 bits per heavy atom. The first-order chi connectivity index (χ1) is 7.24. The van der Waals surface area contributed by atoms with Crippen molar-refractivity contribution in [3.63, 3.8) is 0 Å². The van der Waals surface area contributed by atoms with Crippen molar-refractivity contribution >= 4 is 6.03 Å². The van der Waals surface area contributed by atoms with Crippen LogP contribution in [0.1, 0.15) is 33.1 Å². The lowest BCUT2D eigenvalue weighted by Crippen LogP contribution is -2.48. The second kappa shape index (κ2) is 6.67. The molecule has 15 heavy (non-hydrogen) atoms. The molecule has 3 N–H and O–H groups in total. The van der Waals surface area contributed by atoms with E-state index in [0.717, 1.165) is 26.1 Å². The van der Waals surface area contributed by atoms with Gasteiger partial charge in [-0.05, 0) is 45.2 Å². The van der Waals surface area contributed by atoms with Crippen LogP contribution in [0.4, 0.5) is 4.79 Å². The summed E-state index contributed by atoms with van der Waals surface area (Å²) < 4.78 is 0. The van der Waals surface area contributed by atoms with Gasteiger partial charge in [0.05, 0.1) is 0 Å². The number of rotatable bonds is 4. The second-order valence-corrected chi connectivity index (χ2v) is 4.30. The molecule has 1 fully saturated rings. The van der Waals surface area contributed by atoms with Crippen molar-refractivity contribution in [1.82, 2.24) is 16.0 Å². The van der Waals surface area contributed by atoms with Gasteiger partial charge >= 0.3 is 6.03 Å². The summed E-state index contributed by atoms with van der Waals surface area (Å²) in [4.78, 5) is 11.4. The van der Waals surface area contributed by atoms with Gasteiger partial charge < -0.3 is 16.0 Å². The van der Waals surface area contributed by atoms with Crippen LogP contribution < -0.4 is 16.0 Å². The third-order valence-electron chi connectivity index (χ3n) is 2.94. The average molecular weight is 213 g/mol. The quantitative estimate of drug-likeness (QED) is 0.654. The predicted octanol–water partition coefficient (Wildman–Crippen LogP) is 1.08. The highest BCUT2D eigenvalue weighted by Crippen LogP contribution is 2.13. The standard InChI is InChI=1S/C11H23N3O/c1-3-6-13-11(15)14-9(2)10-5-4-7-12-8-10/h9-10,12H,3-8H2,1-2H3,(H2,13,14,15). The zero-order valence-corrected chi connectivity index (χ0v) is 9.81. The van der Waals surface area contributed by atoms with Crippen LogP contribution >= 0.6 is 0 Å². The summed E-state index contributed by atoms with van der Waals surface area (Å²) in [6.07, 6.45) is 3.41. The summed E-state index contributed by atoms with van der Waals surface area (Å²) in [6.45, 7) is 7.03. The Morgan fingerprint density at radius 3 is 3.00 bits per heavy atom. The molecule has 0 aliphatic carbocycles. The first-order valence-electron chi connectivity index (χ1n) is 5.99. The molecule has 1 rings (SSSR count). The van der Waals surface area contributed by atoms with Gasteiger partial charge in [-0.25, -0.2) is 4.79 Å². The highest BCUT2D eigenvalue weighted by molar-refractivity contribution is 5.74. The van der Waals surface area contributed by atoms with E-state index < -0.39 is 0 Å². The lowest BCUT2D eigenvalue weighted by molar-refractivity contribution is 0.227. The van der Waals surface area contributed by atoms with E-state index >= 15 is 0 Å². The fourth-order valence-electron chi connectivity index (χ4n) is 1.92. The number of urea groups is 1. The van der Waals surface area contributed by atoms with Crippen LogP contribution in [0.2, 0.25) is 0 Å². The van der Waals surface area contributed by atoms with Gasteiger partial charge in [0, 0.05) is 12.6 Å². The predicted molar refractivity (Wildman–Crippen MR) is 61.9 cm³/mol. The SMILES string of the molecule is CCCNC(=O)NC(C)C1CCCNC1. The molecule has 2 atom stereocenters. The lowest BCUT2D eigenvalue weighted by atomic mass is 9.93. The molecule has 4 heteroatoms. The number of carbonyl (C=O) groups excluding carboxylic acids is 1. The summed E-state index contributed by atoms with van der Waals surface area (Å²) in [6, 6.07) is 0.226. The number of hydrogen-bond donors (Lipinski definition) is 3. The van der Waals surface area contributed by atoms with Crippen molar-refractivity contribution in [3.8, 4) is 0 Å². The van der Waals surface area contributed by atoms with Crippen molar-refractivity contribution in [1.29, 1.82) is 0 Å². The maximum atomic E-state index is 11.4. The first kappa shape index (κ1) is 12.3. The van der Waals surface area contributed by atoms with E-state index in [0.29, 0.717) is 5.92 Å². The van der Waals surface area contributed by atoms with Gasteiger partial charge in [-0.15, -0.1) is 0 Å². The minimum absolute atomic E-state index is 0.0325. The second-order valence-electron chi connectivity index (χ2n) is 4.30. The van der Waals surface area contributed by atoms with E-state index in [1.807, 2.05) is 0 Å². The average Bonchev–Trinajstić information content (AvgIpc) is 2.27. The molecule has 4 nitrogen and oxygen atoms in total. The van der Waals surface area contributed by atoms with Gasteiger partial charge in [-0.1, -0.05) is 6.92 Å². The molecule has 1 aliphatic heterocycles. The third-order valence-corrected chi connectivity index (χ3v) is 2.94. The molecule has 0 radical (unpaired) electrons. The van der Waals surface area contributed by atoms with Gasteiger partial charge in [0.2, 0.25) is 0 Å². The van der Waals surface area contributed by atoms with Crippen molar-refractivity contribution < 1.29 is 4.79 Å².